The Kier molecular flexibility index (Phi) is 8.75. The Morgan fingerprint density at radius 2 is 2.04 bits per heavy atom. The van der Waals surface area contributed by atoms with E-state index in [0.29, 0.717) is 13.2 Å². The molecule has 1 aromatic carbocycles. The molecular formula is C20H27IN4O3. The predicted molar refractivity (Wildman–Crippen MR) is 118 cm³/mol. The molecule has 0 atom stereocenters. The molecule has 2 aromatic rings. The molecule has 7 nitrogen and oxygen atoms in total. The van der Waals surface area contributed by atoms with Crippen molar-refractivity contribution in [1.82, 2.24) is 15.4 Å². The second-order valence-corrected chi connectivity index (χ2v) is 6.46. The van der Waals surface area contributed by atoms with Gasteiger partial charge in [-0.1, -0.05) is 35.5 Å². The average Bonchev–Trinajstić information content (AvgIpc) is 3.19. The summed E-state index contributed by atoms with van der Waals surface area (Å²) < 4.78 is 10.6. The standard InChI is InChI=1S/C20H26N4O3.HI/c1-3-26-19(25)16-9-11-24(12-10-16)20(21-2)22-14-17-13-18(27-23-17)15-7-5-4-6-8-15;/h4-8,13,16H,3,9-12,14H2,1-2H3,(H,21,22);1H. The average molecular weight is 498 g/mol. The molecule has 0 unspecified atom stereocenters. The highest BCUT2D eigenvalue weighted by Gasteiger charge is 2.27. The van der Waals surface area contributed by atoms with E-state index in [0.717, 1.165) is 48.9 Å². The summed E-state index contributed by atoms with van der Waals surface area (Å²) in [6.45, 7) is 4.35. The van der Waals surface area contributed by atoms with Crippen molar-refractivity contribution in [3.05, 3.63) is 42.1 Å². The summed E-state index contributed by atoms with van der Waals surface area (Å²) in [7, 11) is 1.76. The molecule has 0 amide bonds. The van der Waals surface area contributed by atoms with Gasteiger partial charge < -0.3 is 19.5 Å². The number of hydrogen-bond donors (Lipinski definition) is 1. The van der Waals surface area contributed by atoms with Crippen molar-refractivity contribution < 1.29 is 14.1 Å². The Morgan fingerprint density at radius 3 is 2.68 bits per heavy atom. The van der Waals surface area contributed by atoms with Crippen molar-refractivity contribution in [3.63, 3.8) is 0 Å². The van der Waals surface area contributed by atoms with E-state index < -0.39 is 0 Å². The molecule has 2 heterocycles. The smallest absolute Gasteiger partial charge is 0.309 e. The van der Waals surface area contributed by atoms with Crippen LogP contribution in [0.4, 0.5) is 0 Å². The Bertz CT molecular complexity index is 771. The second kappa shape index (κ2) is 11.0. The number of halogens is 1. The third-order valence-corrected chi connectivity index (χ3v) is 4.67. The highest BCUT2D eigenvalue weighted by Crippen LogP contribution is 2.20. The van der Waals surface area contributed by atoms with E-state index in [1.54, 1.807) is 7.05 Å². The number of guanidine groups is 1. The van der Waals surface area contributed by atoms with Gasteiger partial charge in [-0.15, -0.1) is 24.0 Å². The quantitative estimate of drug-likeness (QED) is 0.295. The van der Waals surface area contributed by atoms with Gasteiger partial charge in [-0.05, 0) is 19.8 Å². The van der Waals surface area contributed by atoms with E-state index in [-0.39, 0.29) is 35.9 Å². The van der Waals surface area contributed by atoms with E-state index in [2.05, 4.69) is 20.4 Å². The minimum absolute atomic E-state index is 0. The number of aromatic nitrogens is 1. The molecule has 8 heteroatoms. The SMILES string of the molecule is CCOC(=O)C1CCN(C(=NC)NCc2cc(-c3ccccc3)on2)CC1.I. The van der Waals surface area contributed by atoms with E-state index >= 15 is 0 Å². The van der Waals surface area contributed by atoms with Gasteiger partial charge in [-0.3, -0.25) is 9.79 Å². The van der Waals surface area contributed by atoms with Crippen LogP contribution in [0.1, 0.15) is 25.5 Å². The fourth-order valence-electron chi connectivity index (χ4n) is 3.22. The molecule has 152 valence electrons. The van der Waals surface area contributed by atoms with Crippen molar-refractivity contribution in [2.75, 3.05) is 26.7 Å². The fraction of sp³-hybridized carbons (Fsp3) is 0.450. The lowest BCUT2D eigenvalue weighted by Crippen LogP contribution is -2.46. The highest BCUT2D eigenvalue weighted by molar-refractivity contribution is 14.0. The third-order valence-electron chi connectivity index (χ3n) is 4.67. The van der Waals surface area contributed by atoms with Gasteiger partial charge in [-0.2, -0.15) is 0 Å². The first-order valence-corrected chi connectivity index (χ1v) is 9.34. The topological polar surface area (TPSA) is 80.0 Å². The van der Waals surface area contributed by atoms with Crippen LogP contribution in [0.3, 0.4) is 0 Å². The summed E-state index contributed by atoms with van der Waals surface area (Å²) in [4.78, 5) is 18.4. The van der Waals surface area contributed by atoms with Crippen molar-refractivity contribution >= 4 is 35.9 Å². The molecule has 0 spiro atoms. The molecule has 0 radical (unpaired) electrons. The number of aliphatic imine (C=N–C) groups is 1. The molecule has 1 N–H and O–H groups in total. The summed E-state index contributed by atoms with van der Waals surface area (Å²) in [5.41, 5.74) is 1.82. The normalized spacial score (nSPS) is 15.1. The van der Waals surface area contributed by atoms with Gasteiger partial charge in [0.2, 0.25) is 0 Å². The molecular weight excluding hydrogens is 471 g/mol. The largest absolute Gasteiger partial charge is 0.466 e. The van der Waals surface area contributed by atoms with E-state index in [9.17, 15) is 4.79 Å². The molecule has 0 aliphatic carbocycles. The van der Waals surface area contributed by atoms with Gasteiger partial charge >= 0.3 is 5.97 Å². The number of hydrogen-bond acceptors (Lipinski definition) is 5. The molecule has 0 bridgehead atoms. The number of nitrogens with one attached hydrogen (secondary N) is 1. The van der Waals surface area contributed by atoms with Crippen molar-refractivity contribution in [1.29, 1.82) is 0 Å². The molecule has 1 fully saturated rings. The Balaban J connectivity index is 0.00000280. The molecule has 1 aliphatic heterocycles. The first-order valence-electron chi connectivity index (χ1n) is 9.34. The lowest BCUT2D eigenvalue weighted by atomic mass is 9.97. The first kappa shape index (κ1) is 22.2. The Labute approximate surface area is 182 Å². The van der Waals surface area contributed by atoms with Crippen LogP contribution in [0.5, 0.6) is 0 Å². The van der Waals surface area contributed by atoms with Crippen LogP contribution in [-0.4, -0.2) is 48.7 Å². The summed E-state index contributed by atoms with van der Waals surface area (Å²) in [5.74, 6) is 1.46. The minimum Gasteiger partial charge on any atom is -0.466 e. The summed E-state index contributed by atoms with van der Waals surface area (Å²) in [5, 5.41) is 7.45. The molecule has 1 aromatic heterocycles. The maximum atomic E-state index is 11.9. The zero-order chi connectivity index (χ0) is 19.1. The first-order chi connectivity index (χ1) is 13.2. The summed E-state index contributed by atoms with van der Waals surface area (Å²) in [6.07, 6.45) is 1.56. The molecule has 3 rings (SSSR count). The summed E-state index contributed by atoms with van der Waals surface area (Å²) in [6, 6.07) is 11.8. The number of rotatable bonds is 5. The highest BCUT2D eigenvalue weighted by atomic mass is 127. The molecule has 1 saturated heterocycles. The van der Waals surface area contributed by atoms with E-state index in [4.69, 9.17) is 9.26 Å². The number of carbonyl (C=O) groups is 1. The van der Waals surface area contributed by atoms with Gasteiger partial charge in [0.25, 0.3) is 0 Å². The monoisotopic (exact) mass is 498 g/mol. The zero-order valence-corrected chi connectivity index (χ0v) is 18.6. The van der Waals surface area contributed by atoms with Crippen LogP contribution in [0.25, 0.3) is 11.3 Å². The van der Waals surface area contributed by atoms with Crippen LogP contribution in [-0.2, 0) is 16.1 Å². The van der Waals surface area contributed by atoms with Gasteiger partial charge in [0.15, 0.2) is 11.7 Å². The number of nitrogens with zero attached hydrogens (tertiary/aromatic N) is 3. The van der Waals surface area contributed by atoms with Crippen molar-refractivity contribution in [2.45, 2.75) is 26.3 Å². The number of piperidine rings is 1. The van der Waals surface area contributed by atoms with Crippen molar-refractivity contribution in [2.24, 2.45) is 10.9 Å². The lowest BCUT2D eigenvalue weighted by molar-refractivity contribution is -0.149. The van der Waals surface area contributed by atoms with Gasteiger partial charge in [0.1, 0.15) is 5.69 Å². The van der Waals surface area contributed by atoms with Gasteiger partial charge in [0.05, 0.1) is 19.1 Å². The number of likely N-dealkylation sites (tertiary alicyclic amines) is 1. The maximum absolute atomic E-state index is 11.9. The molecule has 28 heavy (non-hydrogen) atoms. The van der Waals surface area contributed by atoms with E-state index in [1.165, 1.54) is 0 Å². The van der Waals surface area contributed by atoms with Gasteiger partial charge in [-0.25, -0.2) is 0 Å². The fourth-order valence-corrected chi connectivity index (χ4v) is 3.22. The number of ether oxygens (including phenoxy) is 1. The predicted octanol–water partition coefficient (Wildman–Crippen LogP) is 3.31. The van der Waals surface area contributed by atoms with Crippen LogP contribution >= 0.6 is 24.0 Å². The Morgan fingerprint density at radius 1 is 1.32 bits per heavy atom. The van der Waals surface area contributed by atoms with Crippen molar-refractivity contribution in [3.8, 4) is 11.3 Å². The zero-order valence-electron chi connectivity index (χ0n) is 16.3. The number of carbonyl (C=O) groups excluding carboxylic acids is 1. The second-order valence-electron chi connectivity index (χ2n) is 6.46. The van der Waals surface area contributed by atoms with E-state index in [1.807, 2.05) is 43.3 Å². The van der Waals surface area contributed by atoms with Gasteiger partial charge in [0, 0.05) is 31.8 Å². The summed E-state index contributed by atoms with van der Waals surface area (Å²) >= 11 is 0. The minimum atomic E-state index is -0.0869. The van der Waals surface area contributed by atoms with Crippen LogP contribution in [0.15, 0.2) is 45.9 Å². The Hall–Kier alpha value is -2.10. The maximum Gasteiger partial charge on any atom is 0.309 e. The van der Waals surface area contributed by atoms with Crippen LogP contribution in [0.2, 0.25) is 0 Å². The van der Waals surface area contributed by atoms with Crippen LogP contribution in [0, 0.1) is 5.92 Å². The number of benzene rings is 1. The van der Waals surface area contributed by atoms with Crippen LogP contribution < -0.4 is 5.32 Å². The lowest BCUT2D eigenvalue weighted by Gasteiger charge is -2.33. The number of esters is 1. The molecule has 0 saturated carbocycles. The molecule has 1 aliphatic rings. The third kappa shape index (κ3) is 5.70.